The topological polar surface area (TPSA) is 55.6 Å². The molecule has 1 aromatic rings. The van der Waals surface area contributed by atoms with Gasteiger partial charge in [-0.15, -0.1) is 0 Å². The van der Waals surface area contributed by atoms with E-state index in [9.17, 15) is 4.79 Å². The molecule has 0 aromatic heterocycles. The first-order valence-electron chi connectivity index (χ1n) is 7.30. The first-order valence-corrected chi connectivity index (χ1v) is 7.30. The highest BCUT2D eigenvalue weighted by molar-refractivity contribution is 5.81. The molecular formula is C16H24N2O2. The molecule has 0 saturated carbocycles. The van der Waals surface area contributed by atoms with Crippen molar-refractivity contribution in [3.63, 3.8) is 0 Å². The van der Waals surface area contributed by atoms with Gasteiger partial charge in [-0.3, -0.25) is 4.79 Å². The average molecular weight is 276 g/mol. The van der Waals surface area contributed by atoms with E-state index in [1.807, 2.05) is 36.9 Å². The molecule has 1 fully saturated rings. The number of rotatable bonds is 4. The van der Waals surface area contributed by atoms with E-state index in [2.05, 4.69) is 12.1 Å². The maximum atomic E-state index is 12.4. The lowest BCUT2D eigenvalue weighted by atomic mass is 10.0. The molecule has 0 bridgehead atoms. The molecule has 3 atom stereocenters. The molecule has 1 aliphatic rings. The maximum absolute atomic E-state index is 12.4. The number of hydrogen-bond donors (Lipinski definition) is 1. The van der Waals surface area contributed by atoms with Gasteiger partial charge in [0, 0.05) is 13.1 Å². The molecule has 0 spiro atoms. The molecule has 1 aromatic carbocycles. The van der Waals surface area contributed by atoms with Gasteiger partial charge in [-0.2, -0.15) is 0 Å². The molecule has 110 valence electrons. The van der Waals surface area contributed by atoms with Crippen LogP contribution in [0.25, 0.3) is 0 Å². The summed E-state index contributed by atoms with van der Waals surface area (Å²) in [6.45, 7) is 5.27. The van der Waals surface area contributed by atoms with Crippen LogP contribution in [0.15, 0.2) is 30.3 Å². The van der Waals surface area contributed by atoms with Gasteiger partial charge in [-0.25, -0.2) is 0 Å². The van der Waals surface area contributed by atoms with Gasteiger partial charge >= 0.3 is 0 Å². The van der Waals surface area contributed by atoms with Gasteiger partial charge in [-0.1, -0.05) is 30.3 Å². The molecule has 0 aliphatic carbocycles. The average Bonchev–Trinajstić information content (AvgIpc) is 2.44. The summed E-state index contributed by atoms with van der Waals surface area (Å²) in [5, 5.41) is 0. The number of aryl methyl sites for hydroxylation is 1. The van der Waals surface area contributed by atoms with Crippen molar-refractivity contribution in [3.05, 3.63) is 35.9 Å². The van der Waals surface area contributed by atoms with Crippen LogP contribution >= 0.6 is 0 Å². The third-order valence-electron chi connectivity index (χ3n) is 3.64. The van der Waals surface area contributed by atoms with Crippen molar-refractivity contribution < 1.29 is 9.53 Å². The Balaban J connectivity index is 1.85. The van der Waals surface area contributed by atoms with Crippen LogP contribution < -0.4 is 5.73 Å². The van der Waals surface area contributed by atoms with Crippen LogP contribution in [0.5, 0.6) is 0 Å². The van der Waals surface area contributed by atoms with Crippen molar-refractivity contribution in [2.75, 3.05) is 13.1 Å². The van der Waals surface area contributed by atoms with E-state index in [1.165, 1.54) is 5.56 Å². The van der Waals surface area contributed by atoms with Gasteiger partial charge in [0.15, 0.2) is 0 Å². The Labute approximate surface area is 120 Å². The first-order chi connectivity index (χ1) is 9.56. The summed E-state index contributed by atoms with van der Waals surface area (Å²) in [4.78, 5) is 14.2. The van der Waals surface area contributed by atoms with Crippen LogP contribution in [0.3, 0.4) is 0 Å². The third-order valence-corrected chi connectivity index (χ3v) is 3.64. The molecular weight excluding hydrogens is 252 g/mol. The number of benzene rings is 1. The largest absolute Gasteiger partial charge is 0.372 e. The van der Waals surface area contributed by atoms with Gasteiger partial charge in [0.25, 0.3) is 0 Å². The van der Waals surface area contributed by atoms with E-state index in [1.54, 1.807) is 0 Å². The van der Waals surface area contributed by atoms with Crippen LogP contribution in [0.2, 0.25) is 0 Å². The van der Waals surface area contributed by atoms with E-state index >= 15 is 0 Å². The summed E-state index contributed by atoms with van der Waals surface area (Å²) in [5.41, 5.74) is 7.28. The Hall–Kier alpha value is -1.39. The van der Waals surface area contributed by atoms with Gasteiger partial charge in [0.1, 0.15) is 0 Å². The van der Waals surface area contributed by atoms with E-state index in [0.717, 1.165) is 6.42 Å². The Bertz CT molecular complexity index is 425. The highest BCUT2D eigenvalue weighted by Crippen LogP contribution is 2.13. The molecule has 20 heavy (non-hydrogen) atoms. The summed E-state index contributed by atoms with van der Waals surface area (Å²) in [6.07, 6.45) is 1.69. The van der Waals surface area contributed by atoms with Crippen LogP contribution in [0.1, 0.15) is 25.8 Å². The zero-order valence-corrected chi connectivity index (χ0v) is 12.3. The normalized spacial score (nSPS) is 24.4. The highest BCUT2D eigenvalue weighted by Gasteiger charge is 2.28. The van der Waals surface area contributed by atoms with E-state index in [0.29, 0.717) is 19.5 Å². The minimum atomic E-state index is -0.423. The fourth-order valence-corrected chi connectivity index (χ4v) is 2.68. The minimum Gasteiger partial charge on any atom is -0.372 e. The summed E-state index contributed by atoms with van der Waals surface area (Å²) in [6, 6.07) is 9.71. The second-order valence-corrected chi connectivity index (χ2v) is 5.63. The number of nitrogens with two attached hydrogens (primary N) is 1. The molecule has 1 saturated heterocycles. The fourth-order valence-electron chi connectivity index (χ4n) is 2.68. The Morgan fingerprint density at radius 3 is 2.50 bits per heavy atom. The minimum absolute atomic E-state index is 0.0444. The third kappa shape index (κ3) is 4.05. The number of carbonyl (C=O) groups excluding carboxylic acids is 1. The number of nitrogens with zero attached hydrogens (tertiary/aromatic N) is 1. The lowest BCUT2D eigenvalue weighted by molar-refractivity contribution is -0.144. The molecule has 2 N–H and O–H groups in total. The predicted octanol–water partition coefficient (Wildman–Crippen LogP) is 1.58. The molecule has 4 heteroatoms. The quantitative estimate of drug-likeness (QED) is 0.908. The summed E-state index contributed by atoms with van der Waals surface area (Å²) >= 11 is 0. The number of amides is 1. The van der Waals surface area contributed by atoms with Crippen molar-refractivity contribution in [2.24, 2.45) is 5.73 Å². The standard InChI is InChI=1S/C16H24N2O2/c1-12-10-18(11-13(2)20-12)16(19)15(17)9-8-14-6-4-3-5-7-14/h3-7,12-13,15H,8-11,17H2,1-2H3. The molecule has 4 nitrogen and oxygen atoms in total. The fraction of sp³-hybridized carbons (Fsp3) is 0.562. The van der Waals surface area contributed by atoms with Crippen LogP contribution in [0.4, 0.5) is 0 Å². The van der Waals surface area contributed by atoms with E-state index < -0.39 is 6.04 Å². The second-order valence-electron chi connectivity index (χ2n) is 5.63. The molecule has 1 aliphatic heterocycles. The zero-order chi connectivity index (χ0) is 14.5. The van der Waals surface area contributed by atoms with Gasteiger partial charge in [-0.05, 0) is 32.3 Å². The van der Waals surface area contributed by atoms with Crippen molar-refractivity contribution in [1.82, 2.24) is 4.90 Å². The number of morpholine rings is 1. The van der Waals surface area contributed by atoms with Crippen molar-refractivity contribution in [1.29, 1.82) is 0 Å². The van der Waals surface area contributed by atoms with Crippen LogP contribution in [-0.4, -0.2) is 42.1 Å². The predicted molar refractivity (Wildman–Crippen MR) is 79.3 cm³/mol. The molecule has 1 heterocycles. The molecule has 2 rings (SSSR count). The summed E-state index contributed by atoms with van der Waals surface area (Å²) < 4.78 is 5.64. The number of ether oxygens (including phenoxy) is 1. The molecule has 1 amide bonds. The Kier molecular flexibility index (Phi) is 5.15. The Morgan fingerprint density at radius 1 is 1.30 bits per heavy atom. The summed E-state index contributed by atoms with van der Waals surface area (Å²) in [5.74, 6) is 0.0444. The van der Waals surface area contributed by atoms with Crippen LogP contribution in [-0.2, 0) is 16.0 Å². The van der Waals surface area contributed by atoms with Gasteiger partial charge < -0.3 is 15.4 Å². The van der Waals surface area contributed by atoms with E-state index in [-0.39, 0.29) is 18.1 Å². The number of hydrogen-bond acceptors (Lipinski definition) is 3. The zero-order valence-electron chi connectivity index (χ0n) is 12.3. The lowest BCUT2D eigenvalue weighted by Gasteiger charge is -2.36. The molecule has 0 radical (unpaired) electrons. The second kappa shape index (κ2) is 6.86. The van der Waals surface area contributed by atoms with E-state index in [4.69, 9.17) is 10.5 Å². The smallest absolute Gasteiger partial charge is 0.239 e. The van der Waals surface area contributed by atoms with Crippen molar-refractivity contribution in [2.45, 2.75) is 44.9 Å². The highest BCUT2D eigenvalue weighted by atomic mass is 16.5. The lowest BCUT2D eigenvalue weighted by Crippen LogP contribution is -2.53. The Morgan fingerprint density at radius 2 is 1.90 bits per heavy atom. The van der Waals surface area contributed by atoms with Crippen molar-refractivity contribution in [3.8, 4) is 0 Å². The maximum Gasteiger partial charge on any atom is 0.239 e. The SMILES string of the molecule is CC1CN(C(=O)C(N)CCc2ccccc2)CC(C)O1. The molecule has 3 unspecified atom stereocenters. The van der Waals surface area contributed by atoms with Gasteiger partial charge in [0.05, 0.1) is 18.2 Å². The monoisotopic (exact) mass is 276 g/mol. The number of carbonyl (C=O) groups is 1. The first kappa shape index (κ1) is 15.0. The van der Waals surface area contributed by atoms with Crippen molar-refractivity contribution >= 4 is 5.91 Å². The van der Waals surface area contributed by atoms with Gasteiger partial charge in [0.2, 0.25) is 5.91 Å². The summed E-state index contributed by atoms with van der Waals surface area (Å²) in [7, 11) is 0. The van der Waals surface area contributed by atoms with Crippen LogP contribution in [0, 0.1) is 0 Å².